The second kappa shape index (κ2) is 9.28. The summed E-state index contributed by atoms with van der Waals surface area (Å²) < 4.78 is 23.1. The smallest absolute Gasteiger partial charge is 0.328 e. The van der Waals surface area contributed by atoms with Crippen molar-refractivity contribution >= 4 is 17.8 Å². The van der Waals surface area contributed by atoms with Gasteiger partial charge in [0, 0.05) is 31.2 Å². The first kappa shape index (κ1) is 24.9. The lowest BCUT2D eigenvalue weighted by atomic mass is 9.58. The Morgan fingerprint density at radius 3 is 2.60 bits per heavy atom. The van der Waals surface area contributed by atoms with E-state index in [0.29, 0.717) is 25.3 Å². The summed E-state index contributed by atoms with van der Waals surface area (Å²) in [6.07, 6.45) is 3.29. The van der Waals surface area contributed by atoms with Crippen LogP contribution in [-0.2, 0) is 43.1 Å². The second-order valence-corrected chi connectivity index (χ2v) is 11.0. The highest BCUT2D eigenvalue weighted by Crippen LogP contribution is 2.60. The first-order valence-corrected chi connectivity index (χ1v) is 13.0. The monoisotopic (exact) mass is 495 g/mol. The van der Waals surface area contributed by atoms with Crippen molar-refractivity contribution in [2.75, 3.05) is 13.7 Å². The van der Waals surface area contributed by atoms with Crippen LogP contribution in [0.2, 0.25) is 0 Å². The fraction of sp³-hybridized carbons (Fsp3) is 0.880. The fourth-order valence-corrected chi connectivity index (χ4v) is 6.99. The van der Waals surface area contributed by atoms with Crippen molar-refractivity contribution in [1.82, 2.24) is 4.90 Å². The molecule has 0 aromatic carbocycles. The van der Waals surface area contributed by atoms with Gasteiger partial charge in [0.15, 0.2) is 11.9 Å². The van der Waals surface area contributed by atoms with Gasteiger partial charge in [0.05, 0.1) is 13.5 Å². The Morgan fingerprint density at radius 2 is 1.83 bits per heavy atom. The Labute approximate surface area is 205 Å². The molecule has 5 aliphatic heterocycles. The molecule has 6 rings (SSSR count). The molecule has 1 saturated carbocycles. The van der Waals surface area contributed by atoms with E-state index in [4.69, 9.17) is 28.7 Å². The number of hydrogen-bond acceptors (Lipinski definition) is 9. The van der Waals surface area contributed by atoms with Crippen molar-refractivity contribution in [1.29, 1.82) is 0 Å². The third-order valence-electron chi connectivity index (χ3n) is 8.93. The Morgan fingerprint density at radius 1 is 1.03 bits per heavy atom. The summed E-state index contributed by atoms with van der Waals surface area (Å²) in [5.74, 6) is -1.48. The highest BCUT2D eigenvalue weighted by Gasteiger charge is 2.69. The lowest BCUT2D eigenvalue weighted by molar-refractivity contribution is -0.576. The summed E-state index contributed by atoms with van der Waals surface area (Å²) in [6, 6.07) is -0.575. The van der Waals surface area contributed by atoms with E-state index in [0.717, 1.165) is 25.7 Å². The summed E-state index contributed by atoms with van der Waals surface area (Å²) in [5, 5.41) is 0. The van der Waals surface area contributed by atoms with Crippen molar-refractivity contribution in [3.05, 3.63) is 0 Å². The number of hydrogen-bond donors (Lipinski definition) is 0. The molecule has 6 aliphatic rings. The maximum absolute atomic E-state index is 12.8. The van der Waals surface area contributed by atoms with E-state index in [-0.39, 0.29) is 36.5 Å². The third-order valence-corrected chi connectivity index (χ3v) is 8.93. The number of rotatable bonds is 5. The van der Waals surface area contributed by atoms with Crippen LogP contribution in [0.15, 0.2) is 0 Å². The van der Waals surface area contributed by atoms with Crippen LogP contribution in [0.4, 0.5) is 0 Å². The van der Waals surface area contributed by atoms with Crippen LogP contribution in [0.3, 0.4) is 0 Å². The molecule has 5 saturated heterocycles. The Balaban J connectivity index is 1.24. The number of carbonyl (C=O) groups is 3. The van der Waals surface area contributed by atoms with E-state index >= 15 is 0 Å². The molecule has 0 aromatic heterocycles. The van der Waals surface area contributed by atoms with Crippen molar-refractivity contribution in [3.63, 3.8) is 0 Å². The SMILES string of the molecule is COC(=O)[C@H]1CCCN1C(=O)CCC(=O)O[C@@H]1O[C@@H]2O[C@]3(C)CC[C@H]4[C@H](C)CC[C@@H]([C@H]1C)[C@@]24OO3. The Bertz CT molecular complexity index is 866. The van der Waals surface area contributed by atoms with Crippen LogP contribution in [0.1, 0.15) is 72.1 Å². The summed E-state index contributed by atoms with van der Waals surface area (Å²) >= 11 is 0. The number of methoxy groups -OCH3 is 1. The van der Waals surface area contributed by atoms with Gasteiger partial charge in [-0.2, -0.15) is 0 Å². The molecule has 6 fully saturated rings. The van der Waals surface area contributed by atoms with Crippen molar-refractivity contribution < 1.29 is 43.1 Å². The molecule has 1 aliphatic carbocycles. The van der Waals surface area contributed by atoms with Gasteiger partial charge in [0.2, 0.25) is 18.0 Å². The Kier molecular flexibility index (Phi) is 6.61. The van der Waals surface area contributed by atoms with Gasteiger partial charge < -0.3 is 23.8 Å². The summed E-state index contributed by atoms with van der Waals surface area (Å²) in [5.41, 5.74) is -0.718. The number of carbonyl (C=O) groups excluding carboxylic acids is 3. The van der Waals surface area contributed by atoms with Crippen molar-refractivity contribution in [3.8, 4) is 0 Å². The molecule has 0 aromatic rings. The summed E-state index contributed by atoms with van der Waals surface area (Å²) in [6.45, 7) is 6.60. The molecule has 1 amide bonds. The number of esters is 2. The van der Waals surface area contributed by atoms with Crippen LogP contribution in [0, 0.1) is 23.7 Å². The first-order valence-electron chi connectivity index (χ1n) is 13.0. The first-order chi connectivity index (χ1) is 16.7. The van der Waals surface area contributed by atoms with Gasteiger partial charge >= 0.3 is 11.9 Å². The molecule has 0 radical (unpaired) electrons. The highest BCUT2D eigenvalue weighted by atomic mass is 17.3. The largest absolute Gasteiger partial charge is 0.467 e. The number of nitrogens with zero attached hydrogens (tertiary/aromatic N) is 1. The topological polar surface area (TPSA) is 110 Å². The predicted molar refractivity (Wildman–Crippen MR) is 119 cm³/mol. The number of amides is 1. The van der Waals surface area contributed by atoms with Crippen molar-refractivity contribution in [2.45, 2.75) is 102 Å². The van der Waals surface area contributed by atoms with E-state index in [2.05, 4.69) is 6.92 Å². The van der Waals surface area contributed by atoms with Gasteiger partial charge in [0.1, 0.15) is 6.04 Å². The lowest BCUT2D eigenvalue weighted by Gasteiger charge is -2.59. The van der Waals surface area contributed by atoms with E-state index in [1.54, 1.807) is 0 Å². The molecule has 2 bridgehead atoms. The number of likely N-dealkylation sites (tertiary alicyclic amines) is 1. The molecule has 1 spiro atoms. The molecule has 0 N–H and O–H groups in total. The summed E-state index contributed by atoms with van der Waals surface area (Å²) in [4.78, 5) is 50.8. The minimum absolute atomic E-state index is 0.0324. The van der Waals surface area contributed by atoms with Crippen LogP contribution in [-0.4, -0.2) is 66.4 Å². The van der Waals surface area contributed by atoms with E-state index in [1.165, 1.54) is 12.0 Å². The van der Waals surface area contributed by atoms with Crippen molar-refractivity contribution in [2.24, 2.45) is 23.7 Å². The molecule has 35 heavy (non-hydrogen) atoms. The number of ether oxygens (including phenoxy) is 4. The fourth-order valence-electron chi connectivity index (χ4n) is 6.99. The van der Waals surface area contributed by atoms with Gasteiger partial charge in [-0.1, -0.05) is 13.8 Å². The Hall–Kier alpha value is -1.75. The average molecular weight is 496 g/mol. The van der Waals surface area contributed by atoms with E-state index < -0.39 is 41.9 Å². The minimum Gasteiger partial charge on any atom is -0.467 e. The zero-order valence-corrected chi connectivity index (χ0v) is 21.0. The molecule has 5 heterocycles. The molecule has 10 nitrogen and oxygen atoms in total. The molecule has 196 valence electrons. The molecule has 10 heteroatoms. The minimum atomic E-state index is -0.898. The third kappa shape index (κ3) is 4.16. The van der Waals surface area contributed by atoms with E-state index in [9.17, 15) is 14.4 Å². The molecular formula is C25H37NO9. The highest BCUT2D eigenvalue weighted by molar-refractivity contribution is 5.87. The normalized spacial score (nSPS) is 44.3. The maximum Gasteiger partial charge on any atom is 0.328 e. The number of fused-ring (bicyclic) bond motifs is 2. The molecule has 0 unspecified atom stereocenters. The van der Waals surface area contributed by atoms with Crippen LogP contribution >= 0.6 is 0 Å². The standard InChI is InChI=1S/C25H37NO9/c1-14-7-8-17-15(2)22(32-23-25(17)16(14)11-12-24(3,33-23)34-35-25)31-20(28)10-9-19(27)26-13-5-6-18(26)21(29)30-4/h14-18,22-23H,5-13H2,1-4H3/t14-,15-,16+,17+,18-,22-,23-,24+,25-/m1/s1. The van der Waals surface area contributed by atoms with Gasteiger partial charge in [-0.15, -0.1) is 0 Å². The zero-order chi connectivity index (χ0) is 25.0. The lowest BCUT2D eigenvalue weighted by Crippen LogP contribution is -2.70. The van der Waals surface area contributed by atoms with E-state index in [1.807, 2.05) is 13.8 Å². The van der Waals surface area contributed by atoms with Gasteiger partial charge in [0.25, 0.3) is 0 Å². The van der Waals surface area contributed by atoms with Gasteiger partial charge in [-0.25, -0.2) is 14.6 Å². The van der Waals surface area contributed by atoms with Crippen LogP contribution < -0.4 is 0 Å². The average Bonchev–Trinajstić information content (AvgIpc) is 3.22. The maximum atomic E-state index is 12.8. The van der Waals surface area contributed by atoms with Gasteiger partial charge in [-0.3, -0.25) is 9.59 Å². The van der Waals surface area contributed by atoms with Crippen LogP contribution in [0.5, 0.6) is 0 Å². The van der Waals surface area contributed by atoms with Gasteiger partial charge in [-0.05, 0) is 50.9 Å². The van der Waals surface area contributed by atoms with Crippen LogP contribution in [0.25, 0.3) is 0 Å². The quantitative estimate of drug-likeness (QED) is 0.420. The zero-order valence-electron chi connectivity index (χ0n) is 21.0. The summed E-state index contributed by atoms with van der Waals surface area (Å²) in [7, 11) is 1.31. The predicted octanol–water partition coefficient (Wildman–Crippen LogP) is 2.68. The molecular weight excluding hydrogens is 458 g/mol. The molecule has 9 atom stereocenters. The second-order valence-electron chi connectivity index (χ2n) is 11.0.